The molecule has 0 aliphatic rings. The summed E-state index contributed by atoms with van der Waals surface area (Å²) >= 11 is 1.61. The molecule has 4 rings (SSSR count). The highest BCUT2D eigenvalue weighted by Crippen LogP contribution is 2.40. The Morgan fingerprint density at radius 1 is 0.850 bits per heavy atom. The molecule has 0 unspecified atom stereocenters. The van der Waals surface area contributed by atoms with Crippen molar-refractivity contribution in [2.75, 3.05) is 0 Å². The predicted octanol–water partition coefficient (Wildman–Crippen LogP) is 6.03. The molecular weight excluding hydrogens is 260 g/mol. The van der Waals surface area contributed by atoms with Crippen LogP contribution in [-0.2, 0) is 0 Å². The second-order valence-corrected chi connectivity index (χ2v) is 5.76. The van der Waals surface area contributed by atoms with Gasteiger partial charge in [0.25, 0.3) is 0 Å². The van der Waals surface area contributed by atoms with Crippen LogP contribution in [0.3, 0.4) is 0 Å². The van der Waals surface area contributed by atoms with E-state index in [2.05, 4.69) is 19.1 Å². The second kappa shape index (κ2) is 4.46. The molecule has 0 amide bonds. The molecule has 1 heterocycles. The fraction of sp³-hybridized carbons (Fsp3) is 0.0526. The summed E-state index contributed by atoms with van der Waals surface area (Å²) in [6.45, 7) is 2.06. The van der Waals surface area contributed by atoms with E-state index in [-0.39, 0.29) is 35.8 Å². The van der Waals surface area contributed by atoms with E-state index in [1.165, 1.54) is 5.56 Å². The maximum Gasteiger partial charge on any atom is 0.0629 e. The van der Waals surface area contributed by atoms with Gasteiger partial charge in [-0.15, -0.1) is 11.3 Å². The highest BCUT2D eigenvalue weighted by Gasteiger charge is 2.10. The minimum atomic E-state index is -0.363. The number of hydrogen-bond acceptors (Lipinski definition) is 1. The lowest BCUT2D eigenvalue weighted by atomic mass is 10.0. The van der Waals surface area contributed by atoms with Gasteiger partial charge in [-0.25, -0.2) is 0 Å². The van der Waals surface area contributed by atoms with E-state index >= 15 is 0 Å². The molecule has 0 saturated carbocycles. The van der Waals surface area contributed by atoms with Gasteiger partial charge in [0.1, 0.15) is 0 Å². The van der Waals surface area contributed by atoms with Crippen molar-refractivity contribution in [2.24, 2.45) is 0 Å². The van der Waals surface area contributed by atoms with Crippen LogP contribution >= 0.6 is 11.3 Å². The zero-order valence-electron chi connectivity index (χ0n) is 15.9. The quantitative estimate of drug-likeness (QED) is 0.399. The third kappa shape index (κ3) is 1.67. The van der Waals surface area contributed by atoms with E-state index in [1.807, 2.05) is 24.3 Å². The monoisotopic (exact) mass is 279 g/mol. The van der Waals surface area contributed by atoms with Crippen molar-refractivity contribution < 1.29 is 6.85 Å². The minimum Gasteiger partial charge on any atom is -0.134 e. The van der Waals surface area contributed by atoms with Crippen molar-refractivity contribution in [1.82, 2.24) is 0 Å². The zero-order valence-corrected chi connectivity index (χ0v) is 11.7. The summed E-state index contributed by atoms with van der Waals surface area (Å²) in [6.07, 6.45) is 0. The van der Waals surface area contributed by atoms with Gasteiger partial charge >= 0.3 is 0 Å². The van der Waals surface area contributed by atoms with Crippen molar-refractivity contribution in [2.45, 2.75) is 6.92 Å². The molecule has 0 aliphatic heterocycles. The van der Waals surface area contributed by atoms with Crippen molar-refractivity contribution in [3.63, 3.8) is 0 Å². The van der Waals surface area contributed by atoms with E-state index in [1.54, 1.807) is 11.3 Å². The molecule has 20 heavy (non-hydrogen) atoms. The molecule has 0 atom stereocenters. The Balaban J connectivity index is 2.17. The third-order valence-electron chi connectivity index (χ3n) is 3.49. The van der Waals surface area contributed by atoms with E-state index < -0.39 is 0 Å². The molecule has 0 N–H and O–H groups in total. The van der Waals surface area contributed by atoms with Gasteiger partial charge in [-0.1, -0.05) is 66.6 Å². The summed E-state index contributed by atoms with van der Waals surface area (Å²) in [5.74, 6) is 0. The summed E-state index contributed by atoms with van der Waals surface area (Å²) in [6, 6.07) is 10.6. The van der Waals surface area contributed by atoms with Crippen LogP contribution in [0.1, 0.15) is 12.4 Å². The van der Waals surface area contributed by atoms with Crippen LogP contribution in [0, 0.1) is 6.92 Å². The average Bonchev–Trinajstić information content (AvgIpc) is 3.00. The Kier molecular flexibility index (Phi) is 1.70. The standard InChI is InChI=1S/C19H14S/c1-13-7-5-11-16-17-12-6-10-15(19(17)20-18(13)16)14-8-3-2-4-9-14/h2-12H,1H3/i2D,3D,4D,8D,9D. The Hall–Kier alpha value is -2.12. The third-order valence-corrected chi connectivity index (χ3v) is 4.88. The molecule has 0 bridgehead atoms. The second-order valence-electron chi connectivity index (χ2n) is 4.74. The molecule has 0 nitrogen and oxygen atoms in total. The van der Waals surface area contributed by atoms with Gasteiger partial charge in [0, 0.05) is 20.2 Å². The first-order valence-corrected chi connectivity index (χ1v) is 7.21. The lowest BCUT2D eigenvalue weighted by molar-refractivity contribution is 1.56. The highest BCUT2D eigenvalue weighted by atomic mass is 32.1. The highest BCUT2D eigenvalue weighted by molar-refractivity contribution is 7.26. The molecular formula is C19H14S. The minimum absolute atomic E-state index is 0.160. The van der Waals surface area contributed by atoms with Gasteiger partial charge in [-0.3, -0.25) is 0 Å². The number of aryl methyl sites for hydroxylation is 1. The first-order valence-electron chi connectivity index (χ1n) is 8.90. The summed E-state index contributed by atoms with van der Waals surface area (Å²) in [7, 11) is 0. The lowest BCUT2D eigenvalue weighted by Gasteiger charge is -2.02. The first kappa shape index (κ1) is 7.61. The van der Waals surface area contributed by atoms with E-state index in [9.17, 15) is 0 Å². The van der Waals surface area contributed by atoms with Crippen molar-refractivity contribution in [3.8, 4) is 11.1 Å². The van der Waals surface area contributed by atoms with Gasteiger partial charge < -0.3 is 0 Å². The van der Waals surface area contributed by atoms with E-state index in [0.29, 0.717) is 5.56 Å². The molecule has 0 aliphatic carbocycles. The topological polar surface area (TPSA) is 0 Å². The van der Waals surface area contributed by atoms with Gasteiger partial charge in [-0.05, 0) is 23.6 Å². The maximum absolute atomic E-state index is 8.26. The van der Waals surface area contributed by atoms with Crippen molar-refractivity contribution in [1.29, 1.82) is 0 Å². The SMILES string of the molecule is [2H]c1c([2H])c([2H])c(-c2cccc3c2sc2c(C)cccc23)c([2H])c1[2H]. The van der Waals surface area contributed by atoms with E-state index in [0.717, 1.165) is 20.2 Å². The van der Waals surface area contributed by atoms with Crippen LogP contribution in [0.25, 0.3) is 31.3 Å². The van der Waals surface area contributed by atoms with Crippen LogP contribution < -0.4 is 0 Å². The predicted molar refractivity (Wildman–Crippen MR) is 89.5 cm³/mol. The van der Waals surface area contributed by atoms with Crippen LogP contribution in [0.4, 0.5) is 0 Å². The average molecular weight is 279 g/mol. The Morgan fingerprint density at radius 2 is 1.55 bits per heavy atom. The molecule has 0 fully saturated rings. The summed E-state index contributed by atoms with van der Waals surface area (Å²) in [5, 5.41) is 2.18. The molecule has 96 valence electrons. The molecule has 3 aromatic carbocycles. The van der Waals surface area contributed by atoms with Gasteiger partial charge in [-0.2, -0.15) is 0 Å². The molecule has 0 saturated heterocycles. The maximum atomic E-state index is 8.26. The largest absolute Gasteiger partial charge is 0.134 e. The summed E-state index contributed by atoms with van der Waals surface area (Å²) in [5.41, 5.74) is 2.13. The first-order chi connectivity index (χ1) is 11.9. The smallest absolute Gasteiger partial charge is 0.0629 e. The Labute approximate surface area is 129 Å². The number of fused-ring (bicyclic) bond motifs is 3. The number of hydrogen-bond donors (Lipinski definition) is 0. The number of benzene rings is 3. The van der Waals surface area contributed by atoms with Crippen molar-refractivity contribution in [3.05, 3.63) is 72.2 Å². The van der Waals surface area contributed by atoms with Gasteiger partial charge in [0.2, 0.25) is 0 Å². The van der Waals surface area contributed by atoms with Gasteiger partial charge in [0.05, 0.1) is 6.85 Å². The summed E-state index contributed by atoms with van der Waals surface area (Å²) in [4.78, 5) is 0. The van der Waals surface area contributed by atoms with Crippen LogP contribution in [0.15, 0.2) is 66.6 Å². The molecule has 4 aromatic rings. The lowest BCUT2D eigenvalue weighted by Crippen LogP contribution is -1.76. The number of thiophene rings is 1. The van der Waals surface area contributed by atoms with Crippen molar-refractivity contribution >= 4 is 31.5 Å². The zero-order chi connectivity index (χ0) is 17.9. The molecule has 1 heteroatoms. The van der Waals surface area contributed by atoms with Crippen LogP contribution in [0.5, 0.6) is 0 Å². The normalized spacial score (nSPS) is 14.8. The summed E-state index contributed by atoms with van der Waals surface area (Å²) < 4.78 is 42.3. The van der Waals surface area contributed by atoms with E-state index in [4.69, 9.17) is 6.85 Å². The fourth-order valence-electron chi connectivity index (χ4n) is 2.54. The fourth-order valence-corrected chi connectivity index (χ4v) is 3.83. The molecule has 0 spiro atoms. The van der Waals surface area contributed by atoms with Crippen LogP contribution in [0.2, 0.25) is 0 Å². The van der Waals surface area contributed by atoms with Gasteiger partial charge in [0.15, 0.2) is 0 Å². The molecule has 1 aromatic heterocycles. The number of rotatable bonds is 1. The van der Waals surface area contributed by atoms with Crippen LogP contribution in [-0.4, -0.2) is 0 Å². The molecule has 0 radical (unpaired) electrons. The Morgan fingerprint density at radius 3 is 2.35 bits per heavy atom. The Bertz CT molecular complexity index is 1130.